The van der Waals surface area contributed by atoms with Crippen LogP contribution in [0.3, 0.4) is 0 Å². The quantitative estimate of drug-likeness (QED) is 0.483. The summed E-state index contributed by atoms with van der Waals surface area (Å²) in [4.78, 5) is 46.5. The first kappa shape index (κ1) is 20.3. The molecule has 0 saturated carbocycles. The summed E-state index contributed by atoms with van der Waals surface area (Å²) in [6.45, 7) is 0. The van der Waals surface area contributed by atoms with Crippen LogP contribution in [0.1, 0.15) is 41.4 Å². The Hall–Kier alpha value is -4.46. The van der Waals surface area contributed by atoms with Crippen molar-refractivity contribution in [3.8, 4) is 22.3 Å². The first-order valence-corrected chi connectivity index (χ1v) is 8.51. The lowest BCUT2D eigenvalue weighted by Gasteiger charge is -2.17. The summed E-state index contributed by atoms with van der Waals surface area (Å²) in [7, 11) is 0. The Labute approximate surface area is 169 Å². The average molecular weight is 406 g/mol. The minimum Gasteiger partial charge on any atom is -0.478 e. The second-order valence-electron chi connectivity index (χ2n) is 6.29. The van der Waals surface area contributed by atoms with E-state index in [1.54, 1.807) is 0 Å². The van der Waals surface area contributed by atoms with Crippen molar-refractivity contribution < 1.29 is 39.6 Å². The Kier molecular flexibility index (Phi) is 5.33. The molecule has 8 nitrogen and oxygen atoms in total. The largest absolute Gasteiger partial charge is 0.478 e. The van der Waals surface area contributed by atoms with Crippen molar-refractivity contribution in [2.75, 3.05) is 0 Å². The zero-order valence-corrected chi connectivity index (χ0v) is 15.2. The topological polar surface area (TPSA) is 149 Å². The van der Waals surface area contributed by atoms with Crippen molar-refractivity contribution in [3.05, 3.63) is 82.9 Å². The van der Waals surface area contributed by atoms with E-state index < -0.39 is 23.9 Å². The Balaban J connectivity index is 2.47. The highest BCUT2D eigenvalue weighted by atomic mass is 16.4. The number of carboxylic acids is 4. The number of hydrogen-bond acceptors (Lipinski definition) is 4. The molecule has 0 aliphatic rings. The Morgan fingerprint density at radius 1 is 0.500 bits per heavy atom. The highest BCUT2D eigenvalue weighted by Gasteiger charge is 2.24. The fourth-order valence-corrected chi connectivity index (χ4v) is 3.17. The van der Waals surface area contributed by atoms with Crippen molar-refractivity contribution in [3.63, 3.8) is 0 Å². The smallest absolute Gasteiger partial charge is 0.336 e. The number of hydrogen-bond donors (Lipinski definition) is 4. The van der Waals surface area contributed by atoms with Crippen molar-refractivity contribution >= 4 is 23.9 Å². The minimum absolute atomic E-state index is 0.0203. The Morgan fingerprint density at radius 2 is 0.867 bits per heavy atom. The van der Waals surface area contributed by atoms with Crippen LogP contribution in [0, 0.1) is 0 Å². The minimum atomic E-state index is -1.35. The van der Waals surface area contributed by atoms with Gasteiger partial charge in [-0.05, 0) is 47.5 Å². The molecule has 0 aliphatic carbocycles. The lowest BCUT2D eigenvalue weighted by molar-refractivity contribution is 0.0682. The molecule has 0 unspecified atom stereocenters. The van der Waals surface area contributed by atoms with Gasteiger partial charge in [-0.15, -0.1) is 0 Å². The van der Waals surface area contributed by atoms with E-state index >= 15 is 0 Å². The van der Waals surface area contributed by atoms with Gasteiger partial charge in [-0.1, -0.05) is 24.3 Å². The van der Waals surface area contributed by atoms with Gasteiger partial charge in [0.15, 0.2) is 0 Å². The summed E-state index contributed by atoms with van der Waals surface area (Å²) in [6, 6.07) is 13.1. The van der Waals surface area contributed by atoms with Gasteiger partial charge in [0.05, 0.1) is 22.3 Å². The Bertz CT molecular complexity index is 1120. The third kappa shape index (κ3) is 3.74. The van der Waals surface area contributed by atoms with Crippen LogP contribution in [0.5, 0.6) is 0 Å². The lowest BCUT2D eigenvalue weighted by atomic mass is 9.86. The van der Waals surface area contributed by atoms with Gasteiger partial charge in [0.25, 0.3) is 0 Å². The molecule has 0 radical (unpaired) electrons. The maximum atomic E-state index is 11.9. The average Bonchev–Trinajstić information content (AvgIpc) is 2.72. The molecule has 0 fully saturated rings. The molecule has 3 rings (SSSR count). The van der Waals surface area contributed by atoms with Gasteiger partial charge >= 0.3 is 23.9 Å². The van der Waals surface area contributed by atoms with Crippen LogP contribution in [0.4, 0.5) is 0 Å². The molecule has 0 atom stereocenters. The van der Waals surface area contributed by atoms with Crippen molar-refractivity contribution in [2.45, 2.75) is 0 Å². The van der Waals surface area contributed by atoms with Crippen molar-refractivity contribution in [1.82, 2.24) is 0 Å². The Morgan fingerprint density at radius 3 is 1.17 bits per heavy atom. The highest BCUT2D eigenvalue weighted by Crippen LogP contribution is 2.38. The van der Waals surface area contributed by atoms with Crippen molar-refractivity contribution in [1.29, 1.82) is 0 Å². The molecule has 30 heavy (non-hydrogen) atoms. The molecule has 0 bridgehead atoms. The summed E-state index contributed by atoms with van der Waals surface area (Å²) in [6.07, 6.45) is 0. The first-order chi connectivity index (χ1) is 14.2. The van der Waals surface area contributed by atoms with Crippen LogP contribution in [0.25, 0.3) is 22.3 Å². The summed E-state index contributed by atoms with van der Waals surface area (Å²) in [5, 5.41) is 38.0. The molecule has 0 heterocycles. The van der Waals surface area contributed by atoms with Gasteiger partial charge in [0, 0.05) is 11.1 Å². The molecule has 150 valence electrons. The van der Waals surface area contributed by atoms with E-state index in [2.05, 4.69) is 0 Å². The van der Waals surface area contributed by atoms with Crippen LogP contribution in [0.15, 0.2) is 60.7 Å². The van der Waals surface area contributed by atoms with Gasteiger partial charge in [0.1, 0.15) is 0 Å². The zero-order chi connectivity index (χ0) is 22.0. The fraction of sp³-hybridized carbons (Fsp3) is 0. The van der Waals surface area contributed by atoms with E-state index in [-0.39, 0.29) is 44.5 Å². The van der Waals surface area contributed by atoms with E-state index in [0.29, 0.717) is 0 Å². The molecule has 8 heteroatoms. The third-order valence-corrected chi connectivity index (χ3v) is 4.46. The lowest BCUT2D eigenvalue weighted by Crippen LogP contribution is -2.08. The second kappa shape index (κ2) is 7.88. The van der Waals surface area contributed by atoms with E-state index in [9.17, 15) is 39.6 Å². The van der Waals surface area contributed by atoms with E-state index in [4.69, 9.17) is 0 Å². The summed E-state index contributed by atoms with van der Waals surface area (Å²) in [5.41, 5.74) is -0.431. The molecule has 0 spiro atoms. The summed E-state index contributed by atoms with van der Waals surface area (Å²) in [5.74, 6) is -5.17. The molecular weight excluding hydrogens is 392 g/mol. The van der Waals surface area contributed by atoms with Crippen LogP contribution >= 0.6 is 0 Å². The molecule has 3 aromatic carbocycles. The SMILES string of the molecule is O=C(O)c1cccc(-c2c(C(=O)O)ccc(C(=O)O)c2-c2cccc(C(=O)O)c2)c1. The van der Waals surface area contributed by atoms with Gasteiger partial charge < -0.3 is 20.4 Å². The monoisotopic (exact) mass is 406 g/mol. The predicted molar refractivity (Wildman–Crippen MR) is 105 cm³/mol. The van der Waals surface area contributed by atoms with Gasteiger partial charge in [-0.25, -0.2) is 19.2 Å². The zero-order valence-electron chi connectivity index (χ0n) is 15.2. The van der Waals surface area contributed by atoms with Gasteiger partial charge in [-0.2, -0.15) is 0 Å². The van der Waals surface area contributed by atoms with E-state index in [0.717, 1.165) is 12.1 Å². The van der Waals surface area contributed by atoms with E-state index in [1.807, 2.05) is 0 Å². The summed E-state index contributed by atoms with van der Waals surface area (Å²) >= 11 is 0. The third-order valence-electron chi connectivity index (χ3n) is 4.46. The van der Waals surface area contributed by atoms with Crippen LogP contribution < -0.4 is 0 Å². The molecule has 0 saturated heterocycles. The van der Waals surface area contributed by atoms with Gasteiger partial charge in [-0.3, -0.25) is 0 Å². The number of benzene rings is 3. The van der Waals surface area contributed by atoms with E-state index in [1.165, 1.54) is 48.5 Å². The molecule has 0 amide bonds. The maximum absolute atomic E-state index is 11.9. The molecule has 3 aromatic rings. The standard InChI is InChI=1S/C22H14O8/c23-19(24)13-5-1-3-11(9-13)17-15(21(27)28)7-8-16(22(29)30)18(17)12-4-2-6-14(10-12)20(25)26/h1-10H,(H,23,24)(H,25,26)(H,27,28)(H,29,30). The number of aromatic carboxylic acids is 4. The van der Waals surface area contributed by atoms with Crippen LogP contribution in [-0.4, -0.2) is 44.3 Å². The van der Waals surface area contributed by atoms with Crippen LogP contribution in [-0.2, 0) is 0 Å². The van der Waals surface area contributed by atoms with Gasteiger partial charge in [0.2, 0.25) is 0 Å². The maximum Gasteiger partial charge on any atom is 0.336 e. The molecule has 0 aromatic heterocycles. The number of rotatable bonds is 6. The molecular formula is C22H14O8. The normalized spacial score (nSPS) is 10.4. The molecule has 0 aliphatic heterocycles. The predicted octanol–water partition coefficient (Wildman–Crippen LogP) is 3.81. The first-order valence-electron chi connectivity index (χ1n) is 8.51. The number of carbonyl (C=O) groups is 4. The highest BCUT2D eigenvalue weighted by molar-refractivity contribution is 6.08. The molecule has 4 N–H and O–H groups in total. The van der Waals surface area contributed by atoms with Crippen LogP contribution in [0.2, 0.25) is 0 Å². The fourth-order valence-electron chi connectivity index (χ4n) is 3.17. The summed E-state index contributed by atoms with van der Waals surface area (Å²) < 4.78 is 0. The number of carboxylic acid groups (broad SMARTS) is 4. The van der Waals surface area contributed by atoms with Crippen molar-refractivity contribution in [2.24, 2.45) is 0 Å². The second-order valence-corrected chi connectivity index (χ2v) is 6.29.